The second-order valence-corrected chi connectivity index (χ2v) is 4.60. The summed E-state index contributed by atoms with van der Waals surface area (Å²) in [6.07, 6.45) is 0.719. The molecular weight excluding hydrogens is 244 g/mol. The molecule has 0 aliphatic carbocycles. The van der Waals surface area contributed by atoms with Gasteiger partial charge in [-0.15, -0.1) is 0 Å². The van der Waals surface area contributed by atoms with Gasteiger partial charge in [0.2, 0.25) is 5.91 Å². The quantitative estimate of drug-likeness (QED) is 0.523. The molecular formula is C12H20N6O. The maximum Gasteiger partial charge on any atom is 0.242 e. The zero-order valence-electron chi connectivity index (χ0n) is 11.5. The largest absolute Gasteiger partial charge is 0.353 e. The van der Waals surface area contributed by atoms with Gasteiger partial charge in [0.1, 0.15) is 23.5 Å². The number of anilines is 2. The maximum absolute atomic E-state index is 11.8. The van der Waals surface area contributed by atoms with Gasteiger partial charge < -0.3 is 15.6 Å². The van der Waals surface area contributed by atoms with E-state index in [2.05, 4.69) is 20.7 Å². The Morgan fingerprint density at radius 2 is 2.26 bits per heavy atom. The Hall–Kier alpha value is -1.89. The number of nitrogens with two attached hydrogens (primary N) is 1. The fourth-order valence-electron chi connectivity index (χ4n) is 2.20. The lowest BCUT2D eigenvalue weighted by Gasteiger charge is -2.35. The molecule has 1 fully saturated rings. The van der Waals surface area contributed by atoms with Crippen LogP contribution in [-0.2, 0) is 11.2 Å². The highest BCUT2D eigenvalue weighted by Crippen LogP contribution is 2.25. The number of rotatable bonds is 3. The van der Waals surface area contributed by atoms with Crippen LogP contribution >= 0.6 is 0 Å². The van der Waals surface area contributed by atoms with Crippen LogP contribution < -0.4 is 21.5 Å². The molecule has 1 unspecified atom stereocenters. The number of amides is 1. The van der Waals surface area contributed by atoms with Gasteiger partial charge in [0.15, 0.2) is 0 Å². The number of nitrogens with zero attached hydrogens (tertiary/aromatic N) is 3. The minimum atomic E-state index is -0.238. The molecule has 0 bridgehead atoms. The first kappa shape index (κ1) is 13.5. The van der Waals surface area contributed by atoms with Crippen LogP contribution in [0, 0.1) is 6.92 Å². The van der Waals surface area contributed by atoms with Gasteiger partial charge in [-0.3, -0.25) is 4.79 Å². The van der Waals surface area contributed by atoms with E-state index in [1.165, 1.54) is 0 Å². The lowest BCUT2D eigenvalue weighted by molar-refractivity contribution is -0.122. The lowest BCUT2D eigenvalue weighted by atomic mass is 10.1. The van der Waals surface area contributed by atoms with Crippen molar-refractivity contribution in [2.45, 2.75) is 33.2 Å². The van der Waals surface area contributed by atoms with E-state index in [4.69, 9.17) is 5.84 Å². The zero-order valence-corrected chi connectivity index (χ0v) is 11.5. The van der Waals surface area contributed by atoms with E-state index < -0.39 is 0 Å². The number of hydrogen-bond donors (Lipinski definition) is 3. The van der Waals surface area contributed by atoms with Gasteiger partial charge in [-0.05, 0) is 13.8 Å². The van der Waals surface area contributed by atoms with Crippen LogP contribution in [0.5, 0.6) is 0 Å². The molecule has 0 spiro atoms. The summed E-state index contributed by atoms with van der Waals surface area (Å²) in [5, 5.41) is 2.84. The molecule has 1 aromatic rings. The Morgan fingerprint density at radius 1 is 1.53 bits per heavy atom. The molecule has 19 heavy (non-hydrogen) atoms. The van der Waals surface area contributed by atoms with Gasteiger partial charge in [-0.2, -0.15) is 0 Å². The maximum atomic E-state index is 11.8. The van der Waals surface area contributed by atoms with Crippen LogP contribution in [0.2, 0.25) is 0 Å². The summed E-state index contributed by atoms with van der Waals surface area (Å²) in [7, 11) is 0. The van der Waals surface area contributed by atoms with Gasteiger partial charge in [0.05, 0.1) is 0 Å². The second-order valence-electron chi connectivity index (χ2n) is 4.60. The fourth-order valence-corrected chi connectivity index (χ4v) is 2.20. The molecule has 2 rings (SSSR count). The average Bonchev–Trinajstić information content (AvgIpc) is 2.42. The molecule has 1 aliphatic rings. The van der Waals surface area contributed by atoms with E-state index in [0.29, 0.717) is 18.2 Å². The molecule has 104 valence electrons. The van der Waals surface area contributed by atoms with E-state index >= 15 is 0 Å². The molecule has 2 heterocycles. The van der Waals surface area contributed by atoms with Crippen molar-refractivity contribution in [3.05, 3.63) is 11.4 Å². The van der Waals surface area contributed by atoms with Crippen molar-refractivity contribution < 1.29 is 4.79 Å². The van der Waals surface area contributed by atoms with Gasteiger partial charge in [-0.25, -0.2) is 15.8 Å². The van der Waals surface area contributed by atoms with Crippen LogP contribution in [0.25, 0.3) is 0 Å². The van der Waals surface area contributed by atoms with Crippen LogP contribution in [0.4, 0.5) is 11.6 Å². The summed E-state index contributed by atoms with van der Waals surface area (Å²) in [5.41, 5.74) is 3.46. The number of aryl methyl sites for hydroxylation is 1. The summed E-state index contributed by atoms with van der Waals surface area (Å²) in [6.45, 7) is 7.12. The van der Waals surface area contributed by atoms with Crippen molar-refractivity contribution in [3.8, 4) is 0 Å². The van der Waals surface area contributed by atoms with Gasteiger partial charge in [0, 0.05) is 25.1 Å². The molecule has 7 heteroatoms. The predicted octanol–water partition coefficient (Wildman–Crippen LogP) is -0.0423. The van der Waals surface area contributed by atoms with Crippen molar-refractivity contribution in [1.29, 1.82) is 0 Å². The van der Waals surface area contributed by atoms with E-state index in [9.17, 15) is 4.79 Å². The monoisotopic (exact) mass is 264 g/mol. The molecule has 4 N–H and O–H groups in total. The summed E-state index contributed by atoms with van der Waals surface area (Å²) in [5.74, 6) is 7.62. The van der Waals surface area contributed by atoms with Crippen molar-refractivity contribution in [2.24, 2.45) is 5.84 Å². The third kappa shape index (κ3) is 2.46. The first-order chi connectivity index (χ1) is 9.08. The van der Waals surface area contributed by atoms with Crippen LogP contribution in [0.15, 0.2) is 0 Å². The van der Waals surface area contributed by atoms with Crippen LogP contribution in [-0.4, -0.2) is 35.0 Å². The topological polar surface area (TPSA) is 96.2 Å². The van der Waals surface area contributed by atoms with Crippen molar-refractivity contribution in [2.75, 3.05) is 23.4 Å². The number of nitrogen functional groups attached to an aromatic ring is 1. The molecule has 0 radical (unpaired) electrons. The summed E-state index contributed by atoms with van der Waals surface area (Å²) < 4.78 is 0. The van der Waals surface area contributed by atoms with Crippen LogP contribution in [0.1, 0.15) is 25.2 Å². The molecule has 1 saturated heterocycles. The number of nitrogens with one attached hydrogen (secondary N) is 2. The molecule has 1 aromatic heterocycles. The summed E-state index contributed by atoms with van der Waals surface area (Å²) in [4.78, 5) is 22.6. The van der Waals surface area contributed by atoms with Crippen molar-refractivity contribution in [3.63, 3.8) is 0 Å². The number of aromatic nitrogens is 2. The molecule has 7 nitrogen and oxygen atoms in total. The third-order valence-electron chi connectivity index (χ3n) is 3.39. The third-order valence-corrected chi connectivity index (χ3v) is 3.39. The Labute approximate surface area is 112 Å². The smallest absolute Gasteiger partial charge is 0.242 e. The van der Waals surface area contributed by atoms with Gasteiger partial charge >= 0.3 is 0 Å². The highest BCUT2D eigenvalue weighted by molar-refractivity contribution is 5.86. The molecule has 0 saturated carbocycles. The highest BCUT2D eigenvalue weighted by Gasteiger charge is 2.28. The number of hydrogen-bond acceptors (Lipinski definition) is 6. The normalized spacial score (nSPS) is 19.3. The first-order valence-electron chi connectivity index (χ1n) is 6.47. The van der Waals surface area contributed by atoms with E-state index in [0.717, 1.165) is 24.3 Å². The summed E-state index contributed by atoms with van der Waals surface area (Å²) >= 11 is 0. The predicted molar refractivity (Wildman–Crippen MR) is 73.8 cm³/mol. The first-order valence-corrected chi connectivity index (χ1v) is 6.47. The van der Waals surface area contributed by atoms with Gasteiger partial charge in [-0.1, -0.05) is 6.92 Å². The van der Waals surface area contributed by atoms with E-state index in [1.807, 2.05) is 25.7 Å². The second kappa shape index (κ2) is 5.40. The molecule has 1 aliphatic heterocycles. The number of hydrazine groups is 1. The molecule has 1 atom stereocenters. The Balaban J connectivity index is 2.45. The fraction of sp³-hybridized carbons (Fsp3) is 0.583. The molecule has 1 amide bonds. The summed E-state index contributed by atoms with van der Waals surface area (Å²) in [6, 6.07) is -0.238. The van der Waals surface area contributed by atoms with E-state index in [1.54, 1.807) is 0 Å². The Kier molecular flexibility index (Phi) is 3.84. The zero-order chi connectivity index (χ0) is 14.0. The minimum absolute atomic E-state index is 0.0181. The van der Waals surface area contributed by atoms with Crippen LogP contribution in [0.3, 0.4) is 0 Å². The standard InChI is InChI=1S/C12H20N6O/c1-4-9-15-10(17-13)7(2)11(16-9)18-6-5-14-12(19)8(18)3/h8H,4-6,13H2,1-3H3,(H,14,19)(H,15,16,17). The average molecular weight is 264 g/mol. The number of carbonyl (C=O) groups excluding carboxylic acids is 1. The molecule has 0 aromatic carbocycles. The lowest BCUT2D eigenvalue weighted by Crippen LogP contribution is -2.54. The number of carbonyl (C=O) groups is 1. The Bertz CT molecular complexity index is 489. The minimum Gasteiger partial charge on any atom is -0.353 e. The Morgan fingerprint density at radius 3 is 2.89 bits per heavy atom. The van der Waals surface area contributed by atoms with Crippen molar-refractivity contribution in [1.82, 2.24) is 15.3 Å². The van der Waals surface area contributed by atoms with E-state index in [-0.39, 0.29) is 11.9 Å². The highest BCUT2D eigenvalue weighted by atomic mass is 16.2. The SMILES string of the molecule is CCc1nc(NN)c(C)c(N2CCNC(=O)C2C)n1. The number of piperazine rings is 1. The van der Waals surface area contributed by atoms with Gasteiger partial charge in [0.25, 0.3) is 0 Å². The van der Waals surface area contributed by atoms with Crippen molar-refractivity contribution >= 4 is 17.5 Å².